The molecule has 0 radical (unpaired) electrons. The molecule has 2 aromatic rings. The fourth-order valence-electron chi connectivity index (χ4n) is 2.90. The van der Waals surface area contributed by atoms with Crippen molar-refractivity contribution in [2.45, 2.75) is 37.8 Å². The van der Waals surface area contributed by atoms with Gasteiger partial charge in [-0.05, 0) is 25.7 Å². The van der Waals surface area contributed by atoms with Gasteiger partial charge in [-0.25, -0.2) is 4.98 Å². The van der Waals surface area contributed by atoms with Crippen LogP contribution in [-0.4, -0.2) is 28.3 Å². The number of aromatic nitrogens is 3. The van der Waals surface area contributed by atoms with Gasteiger partial charge in [0.1, 0.15) is 12.1 Å². The number of nitrogens with zero attached hydrogens (tertiary/aromatic N) is 4. The SMILES string of the molecule is c1csc(N2CCC[C@H]2c2nc([C@H]3CCCO3)no2)n1. The molecule has 7 heteroatoms. The molecule has 0 saturated carbocycles. The van der Waals surface area contributed by atoms with E-state index in [1.165, 1.54) is 0 Å². The van der Waals surface area contributed by atoms with Gasteiger partial charge in [-0.1, -0.05) is 5.16 Å². The summed E-state index contributed by atoms with van der Waals surface area (Å²) in [6.45, 7) is 1.79. The predicted octanol–water partition coefficient (Wildman–Crippen LogP) is 2.72. The Bertz CT molecular complexity index is 565. The highest BCUT2D eigenvalue weighted by atomic mass is 32.1. The molecule has 4 rings (SSSR count). The third-order valence-corrected chi connectivity index (χ3v) is 4.69. The average Bonchev–Trinajstić information content (AvgIpc) is 3.23. The topological polar surface area (TPSA) is 64.3 Å². The Hall–Kier alpha value is -1.47. The second kappa shape index (κ2) is 5.14. The van der Waals surface area contributed by atoms with Gasteiger partial charge in [0.2, 0.25) is 11.7 Å². The average molecular weight is 292 g/mol. The molecule has 106 valence electrons. The Labute approximate surface area is 120 Å². The molecule has 0 aromatic carbocycles. The number of thiazole rings is 1. The zero-order valence-electron chi connectivity index (χ0n) is 11.1. The van der Waals surface area contributed by atoms with Crippen LogP contribution in [0, 0.1) is 0 Å². The van der Waals surface area contributed by atoms with Gasteiger partial charge >= 0.3 is 0 Å². The lowest BCUT2D eigenvalue weighted by Crippen LogP contribution is -2.22. The first-order chi connectivity index (χ1) is 9.92. The quantitative estimate of drug-likeness (QED) is 0.866. The third kappa shape index (κ3) is 2.10. The van der Waals surface area contributed by atoms with E-state index >= 15 is 0 Å². The van der Waals surface area contributed by atoms with Crippen LogP contribution in [0.4, 0.5) is 5.13 Å². The van der Waals surface area contributed by atoms with Crippen molar-refractivity contribution in [3.05, 3.63) is 23.3 Å². The van der Waals surface area contributed by atoms with Gasteiger partial charge in [-0.2, -0.15) is 4.98 Å². The van der Waals surface area contributed by atoms with Crippen molar-refractivity contribution in [3.8, 4) is 0 Å². The Kier molecular flexibility index (Phi) is 3.16. The number of rotatable bonds is 3. The van der Waals surface area contributed by atoms with Gasteiger partial charge < -0.3 is 14.2 Å². The van der Waals surface area contributed by atoms with Crippen LogP contribution in [0.3, 0.4) is 0 Å². The molecule has 0 bridgehead atoms. The standard InChI is InChI=1S/C13H16N4O2S/c1-3-9(17(6-1)13-14-5-8-20-13)12-15-11(16-19-12)10-4-2-7-18-10/h5,8-10H,1-4,6-7H2/t9-,10+/m0/s1. The molecular formula is C13H16N4O2S. The number of anilines is 1. The van der Waals surface area contributed by atoms with Crippen LogP contribution in [0.25, 0.3) is 0 Å². The van der Waals surface area contributed by atoms with Crippen molar-refractivity contribution in [2.24, 2.45) is 0 Å². The van der Waals surface area contributed by atoms with E-state index in [1.54, 1.807) is 11.3 Å². The van der Waals surface area contributed by atoms with Crippen LogP contribution in [0.15, 0.2) is 16.1 Å². The minimum Gasteiger partial charge on any atom is -0.370 e. The summed E-state index contributed by atoms with van der Waals surface area (Å²) in [5.41, 5.74) is 0. The summed E-state index contributed by atoms with van der Waals surface area (Å²) in [5, 5.41) is 7.13. The van der Waals surface area contributed by atoms with Crippen molar-refractivity contribution in [1.82, 2.24) is 15.1 Å². The van der Waals surface area contributed by atoms with Gasteiger partial charge in [0, 0.05) is 24.7 Å². The maximum Gasteiger partial charge on any atom is 0.249 e. The monoisotopic (exact) mass is 292 g/mol. The van der Waals surface area contributed by atoms with E-state index in [2.05, 4.69) is 20.0 Å². The molecule has 0 unspecified atom stereocenters. The lowest BCUT2D eigenvalue weighted by Gasteiger charge is -2.20. The third-order valence-electron chi connectivity index (χ3n) is 3.88. The maximum atomic E-state index is 5.61. The van der Waals surface area contributed by atoms with Crippen molar-refractivity contribution >= 4 is 16.5 Å². The lowest BCUT2D eigenvalue weighted by molar-refractivity contribution is 0.103. The summed E-state index contributed by atoms with van der Waals surface area (Å²) in [4.78, 5) is 11.2. The zero-order valence-corrected chi connectivity index (χ0v) is 11.9. The maximum absolute atomic E-state index is 5.61. The van der Waals surface area contributed by atoms with Gasteiger partial charge in [-0.3, -0.25) is 0 Å². The number of ether oxygens (including phenoxy) is 1. The van der Waals surface area contributed by atoms with E-state index in [9.17, 15) is 0 Å². The van der Waals surface area contributed by atoms with Crippen molar-refractivity contribution in [1.29, 1.82) is 0 Å². The van der Waals surface area contributed by atoms with Crippen LogP contribution in [-0.2, 0) is 4.74 Å². The van der Waals surface area contributed by atoms with E-state index in [0.717, 1.165) is 44.0 Å². The zero-order chi connectivity index (χ0) is 13.4. The van der Waals surface area contributed by atoms with Gasteiger partial charge in [0.15, 0.2) is 5.13 Å². The molecule has 0 aliphatic carbocycles. The first kappa shape index (κ1) is 12.3. The summed E-state index contributed by atoms with van der Waals surface area (Å²) < 4.78 is 11.1. The number of hydrogen-bond donors (Lipinski definition) is 0. The van der Waals surface area contributed by atoms with E-state index in [1.807, 2.05) is 11.6 Å². The minimum absolute atomic E-state index is 0.0159. The van der Waals surface area contributed by atoms with Crippen LogP contribution < -0.4 is 4.90 Å². The summed E-state index contributed by atoms with van der Waals surface area (Å²) in [5.74, 6) is 1.40. The van der Waals surface area contributed by atoms with Crippen LogP contribution in [0.1, 0.15) is 49.5 Å². The van der Waals surface area contributed by atoms with E-state index < -0.39 is 0 Å². The van der Waals surface area contributed by atoms with Gasteiger partial charge in [0.25, 0.3) is 0 Å². The van der Waals surface area contributed by atoms with Crippen molar-refractivity contribution < 1.29 is 9.26 Å². The fraction of sp³-hybridized carbons (Fsp3) is 0.615. The van der Waals surface area contributed by atoms with Gasteiger partial charge in [0.05, 0.1) is 0 Å². The summed E-state index contributed by atoms with van der Waals surface area (Å²) in [6, 6.07) is 0.156. The summed E-state index contributed by atoms with van der Waals surface area (Å²) in [6.07, 6.45) is 6.07. The largest absolute Gasteiger partial charge is 0.370 e. The first-order valence-electron chi connectivity index (χ1n) is 7.03. The molecule has 0 spiro atoms. The molecule has 0 amide bonds. The fourth-order valence-corrected chi connectivity index (χ4v) is 3.62. The van der Waals surface area contributed by atoms with Crippen molar-refractivity contribution in [2.75, 3.05) is 18.1 Å². The summed E-state index contributed by atoms with van der Waals surface area (Å²) >= 11 is 1.65. The molecule has 6 nitrogen and oxygen atoms in total. The Balaban J connectivity index is 1.57. The van der Waals surface area contributed by atoms with Crippen molar-refractivity contribution in [3.63, 3.8) is 0 Å². The molecule has 0 N–H and O–H groups in total. The van der Waals surface area contributed by atoms with E-state index in [4.69, 9.17) is 9.26 Å². The first-order valence-corrected chi connectivity index (χ1v) is 7.91. The highest BCUT2D eigenvalue weighted by Crippen LogP contribution is 2.37. The Morgan fingerprint density at radius 2 is 2.30 bits per heavy atom. The normalized spacial score (nSPS) is 26.5. The van der Waals surface area contributed by atoms with E-state index in [0.29, 0.717) is 11.7 Å². The van der Waals surface area contributed by atoms with Gasteiger partial charge in [-0.15, -0.1) is 11.3 Å². The second-order valence-electron chi connectivity index (χ2n) is 5.16. The molecule has 2 aliphatic heterocycles. The minimum atomic E-state index is 0.0159. The second-order valence-corrected chi connectivity index (χ2v) is 6.03. The molecule has 2 aromatic heterocycles. The van der Waals surface area contributed by atoms with Crippen LogP contribution in [0.5, 0.6) is 0 Å². The Morgan fingerprint density at radius 3 is 3.10 bits per heavy atom. The predicted molar refractivity (Wildman–Crippen MR) is 73.7 cm³/mol. The molecule has 2 aliphatic rings. The molecule has 2 fully saturated rings. The molecule has 2 saturated heterocycles. The highest BCUT2D eigenvalue weighted by molar-refractivity contribution is 7.13. The van der Waals surface area contributed by atoms with Crippen LogP contribution >= 0.6 is 11.3 Å². The molecular weight excluding hydrogens is 276 g/mol. The van der Waals surface area contributed by atoms with Crippen LogP contribution in [0.2, 0.25) is 0 Å². The molecule has 20 heavy (non-hydrogen) atoms. The molecule has 4 heterocycles. The van der Waals surface area contributed by atoms with E-state index in [-0.39, 0.29) is 12.1 Å². The Morgan fingerprint density at radius 1 is 1.30 bits per heavy atom. The highest BCUT2D eigenvalue weighted by Gasteiger charge is 2.33. The number of hydrogen-bond acceptors (Lipinski definition) is 7. The molecule has 2 atom stereocenters. The smallest absolute Gasteiger partial charge is 0.249 e. The summed E-state index contributed by atoms with van der Waals surface area (Å²) in [7, 11) is 0. The lowest BCUT2D eigenvalue weighted by atomic mass is 10.2.